The van der Waals surface area contributed by atoms with E-state index in [1.807, 2.05) is 6.07 Å². The number of alkyl halides is 2. The van der Waals surface area contributed by atoms with Gasteiger partial charge in [-0.3, -0.25) is 5.32 Å². The molecule has 0 fully saturated rings. The minimum Gasteiger partial charge on any atom is -0.338 e. The Labute approximate surface area is 120 Å². The summed E-state index contributed by atoms with van der Waals surface area (Å²) in [6.07, 6.45) is -2.61. The van der Waals surface area contributed by atoms with Crippen molar-refractivity contribution in [3.63, 3.8) is 0 Å². The lowest BCUT2D eigenvalue weighted by atomic mass is 10.2. The van der Waals surface area contributed by atoms with Gasteiger partial charge in [0.1, 0.15) is 0 Å². The summed E-state index contributed by atoms with van der Waals surface area (Å²) in [6, 6.07) is 9.78. The number of carbonyl (C=O) groups is 1. The molecule has 0 unspecified atom stereocenters. The van der Waals surface area contributed by atoms with Gasteiger partial charge in [0.2, 0.25) is 5.88 Å². The van der Waals surface area contributed by atoms with Crippen LogP contribution in [0, 0.1) is 6.92 Å². The Morgan fingerprint density at radius 2 is 2.10 bits per heavy atom. The van der Waals surface area contributed by atoms with Crippen molar-refractivity contribution < 1.29 is 18.1 Å². The minimum atomic E-state index is -2.61. The molecule has 0 aliphatic rings. The normalized spacial score (nSPS) is 10.7. The third-order valence-electron chi connectivity index (χ3n) is 2.72. The van der Waals surface area contributed by atoms with Crippen LogP contribution in [0.2, 0.25) is 0 Å². The Balaban J connectivity index is 2.06. The average molecular weight is 295 g/mol. The molecule has 21 heavy (non-hydrogen) atoms. The molecular formula is C14H15F2N3O2. The summed E-state index contributed by atoms with van der Waals surface area (Å²) in [5.41, 5.74) is 1.36. The number of nitrogens with one attached hydrogen (secondary N) is 1. The van der Waals surface area contributed by atoms with Crippen LogP contribution < -0.4 is 5.32 Å². The van der Waals surface area contributed by atoms with Crippen molar-refractivity contribution in [2.45, 2.75) is 19.9 Å². The van der Waals surface area contributed by atoms with Crippen LogP contribution in [0.4, 0.5) is 19.5 Å². The first-order valence-corrected chi connectivity index (χ1v) is 6.36. The van der Waals surface area contributed by atoms with Crippen LogP contribution in [0.1, 0.15) is 11.3 Å². The zero-order chi connectivity index (χ0) is 15.2. The molecule has 112 valence electrons. The predicted octanol–water partition coefficient (Wildman–Crippen LogP) is 3.28. The maximum absolute atomic E-state index is 12.6. The summed E-state index contributed by atoms with van der Waals surface area (Å²) in [7, 11) is 0. The second-order valence-electron chi connectivity index (χ2n) is 4.52. The van der Waals surface area contributed by atoms with E-state index in [4.69, 9.17) is 4.52 Å². The molecule has 1 aromatic heterocycles. The number of anilines is 1. The molecule has 0 saturated heterocycles. The smallest absolute Gasteiger partial charge is 0.324 e. The molecule has 2 rings (SSSR count). The number of benzene rings is 1. The van der Waals surface area contributed by atoms with E-state index >= 15 is 0 Å². The fourth-order valence-corrected chi connectivity index (χ4v) is 1.80. The number of hydrogen-bond acceptors (Lipinski definition) is 3. The quantitative estimate of drug-likeness (QED) is 0.921. The van der Waals surface area contributed by atoms with E-state index < -0.39 is 19.0 Å². The summed E-state index contributed by atoms with van der Waals surface area (Å²) in [6.45, 7) is 1.12. The second-order valence-corrected chi connectivity index (χ2v) is 4.52. The molecule has 0 atom stereocenters. The molecule has 0 aliphatic heterocycles. The topological polar surface area (TPSA) is 58.4 Å². The van der Waals surface area contributed by atoms with Crippen molar-refractivity contribution in [2.24, 2.45) is 0 Å². The van der Waals surface area contributed by atoms with Crippen molar-refractivity contribution >= 4 is 11.9 Å². The zero-order valence-electron chi connectivity index (χ0n) is 11.4. The van der Waals surface area contributed by atoms with E-state index in [0.717, 1.165) is 10.5 Å². The maximum atomic E-state index is 12.6. The van der Waals surface area contributed by atoms with Crippen LogP contribution in [0.25, 0.3) is 0 Å². The summed E-state index contributed by atoms with van der Waals surface area (Å²) < 4.78 is 30.1. The Kier molecular flexibility index (Phi) is 4.86. The van der Waals surface area contributed by atoms with Gasteiger partial charge in [-0.05, 0) is 12.5 Å². The van der Waals surface area contributed by atoms with E-state index in [2.05, 4.69) is 10.5 Å². The standard InChI is InChI=1S/C14H15F2N3O2/c1-10-7-13(21-18-10)17-14(20)19(9-12(15)16)8-11-5-3-2-4-6-11/h2-7,12H,8-9H2,1H3,(H,17,20). The molecule has 1 heterocycles. The minimum absolute atomic E-state index is 0.0874. The van der Waals surface area contributed by atoms with Gasteiger partial charge in [0.15, 0.2) is 0 Å². The highest BCUT2D eigenvalue weighted by atomic mass is 19.3. The Morgan fingerprint density at radius 1 is 1.38 bits per heavy atom. The van der Waals surface area contributed by atoms with E-state index in [1.54, 1.807) is 31.2 Å². The second kappa shape index (κ2) is 6.83. The number of halogens is 2. The van der Waals surface area contributed by atoms with Crippen molar-refractivity contribution in [2.75, 3.05) is 11.9 Å². The van der Waals surface area contributed by atoms with Gasteiger partial charge in [-0.2, -0.15) is 0 Å². The molecular weight excluding hydrogens is 280 g/mol. The van der Waals surface area contributed by atoms with Crippen LogP contribution in [0.5, 0.6) is 0 Å². The Morgan fingerprint density at radius 3 is 2.67 bits per heavy atom. The first-order chi connectivity index (χ1) is 10.0. The van der Waals surface area contributed by atoms with Crippen molar-refractivity contribution in [3.8, 4) is 0 Å². The van der Waals surface area contributed by atoms with E-state index in [0.29, 0.717) is 5.69 Å². The SMILES string of the molecule is Cc1cc(NC(=O)N(Cc2ccccc2)CC(F)F)on1. The number of rotatable bonds is 5. The lowest BCUT2D eigenvalue weighted by Crippen LogP contribution is -2.37. The highest BCUT2D eigenvalue weighted by Gasteiger charge is 2.19. The fraction of sp³-hybridized carbons (Fsp3) is 0.286. The summed E-state index contributed by atoms with van der Waals surface area (Å²) >= 11 is 0. The highest BCUT2D eigenvalue weighted by molar-refractivity contribution is 5.87. The van der Waals surface area contributed by atoms with Crippen molar-refractivity contribution in [1.82, 2.24) is 10.1 Å². The van der Waals surface area contributed by atoms with E-state index in [1.165, 1.54) is 6.07 Å². The van der Waals surface area contributed by atoms with Gasteiger partial charge < -0.3 is 9.42 Å². The number of nitrogens with zero attached hydrogens (tertiary/aromatic N) is 2. The largest absolute Gasteiger partial charge is 0.338 e. The molecule has 5 nitrogen and oxygen atoms in total. The first-order valence-electron chi connectivity index (χ1n) is 6.36. The zero-order valence-corrected chi connectivity index (χ0v) is 11.4. The average Bonchev–Trinajstić information content (AvgIpc) is 2.84. The van der Waals surface area contributed by atoms with Crippen LogP contribution in [0.15, 0.2) is 40.9 Å². The third-order valence-corrected chi connectivity index (χ3v) is 2.72. The molecule has 2 aromatic rings. The number of aryl methyl sites for hydroxylation is 1. The Bertz CT molecular complexity index is 587. The van der Waals surface area contributed by atoms with Gasteiger partial charge in [0, 0.05) is 12.6 Å². The van der Waals surface area contributed by atoms with Gasteiger partial charge in [-0.15, -0.1) is 0 Å². The summed E-state index contributed by atoms with van der Waals surface area (Å²) in [4.78, 5) is 13.1. The van der Waals surface area contributed by atoms with Crippen LogP contribution in [-0.4, -0.2) is 29.1 Å². The number of hydrogen-bond donors (Lipinski definition) is 1. The van der Waals surface area contributed by atoms with Crippen molar-refractivity contribution in [1.29, 1.82) is 0 Å². The summed E-state index contributed by atoms with van der Waals surface area (Å²) in [5, 5.41) is 6.03. The van der Waals surface area contributed by atoms with Crippen molar-refractivity contribution in [3.05, 3.63) is 47.7 Å². The molecule has 0 bridgehead atoms. The molecule has 0 radical (unpaired) electrons. The van der Waals surface area contributed by atoms with Crippen LogP contribution >= 0.6 is 0 Å². The molecule has 0 aliphatic carbocycles. The van der Waals surface area contributed by atoms with Gasteiger partial charge in [-0.1, -0.05) is 35.5 Å². The van der Waals surface area contributed by atoms with Crippen LogP contribution in [0.3, 0.4) is 0 Å². The monoisotopic (exact) mass is 295 g/mol. The predicted molar refractivity (Wildman–Crippen MR) is 73.1 cm³/mol. The van der Waals surface area contributed by atoms with E-state index in [9.17, 15) is 13.6 Å². The van der Waals surface area contributed by atoms with Gasteiger partial charge in [0.05, 0.1) is 12.2 Å². The molecule has 0 saturated carbocycles. The van der Waals surface area contributed by atoms with Gasteiger partial charge in [0.25, 0.3) is 6.43 Å². The molecule has 7 heteroatoms. The number of carbonyl (C=O) groups excluding carboxylic acids is 1. The third kappa shape index (κ3) is 4.55. The molecule has 1 N–H and O–H groups in total. The molecule has 1 aromatic carbocycles. The fourth-order valence-electron chi connectivity index (χ4n) is 1.80. The van der Waals surface area contributed by atoms with Gasteiger partial charge in [-0.25, -0.2) is 13.6 Å². The summed E-state index contributed by atoms with van der Waals surface area (Å²) in [5.74, 6) is 0.129. The maximum Gasteiger partial charge on any atom is 0.324 e. The highest BCUT2D eigenvalue weighted by Crippen LogP contribution is 2.12. The number of amides is 2. The molecule has 0 spiro atoms. The van der Waals surface area contributed by atoms with E-state index in [-0.39, 0.29) is 12.4 Å². The number of aromatic nitrogens is 1. The van der Waals surface area contributed by atoms with Gasteiger partial charge >= 0.3 is 6.03 Å². The Hall–Kier alpha value is -2.44. The molecule has 2 amide bonds. The number of urea groups is 1. The first kappa shape index (κ1) is 15.0. The van der Waals surface area contributed by atoms with Crippen LogP contribution in [-0.2, 0) is 6.54 Å². The lowest BCUT2D eigenvalue weighted by molar-refractivity contribution is 0.0995. The lowest BCUT2D eigenvalue weighted by Gasteiger charge is -2.22.